The summed E-state index contributed by atoms with van der Waals surface area (Å²) in [7, 11) is 1.96. The average Bonchev–Trinajstić information content (AvgIpc) is 2.65. The molecule has 1 aromatic carbocycles. The van der Waals surface area contributed by atoms with Crippen molar-refractivity contribution in [3.8, 4) is 10.4 Å². The van der Waals surface area contributed by atoms with E-state index in [1.54, 1.807) is 11.3 Å². The summed E-state index contributed by atoms with van der Waals surface area (Å²) in [5.74, 6) is 0. The van der Waals surface area contributed by atoms with Gasteiger partial charge in [0.1, 0.15) is 0 Å². The zero-order valence-electron chi connectivity index (χ0n) is 9.29. The second-order valence-electron chi connectivity index (χ2n) is 3.77. The smallest absolute Gasteiger partial charge is 0.0367 e. The Bertz CT molecular complexity index is 471. The highest BCUT2D eigenvalue weighted by molar-refractivity contribution is 7.13. The maximum absolute atomic E-state index is 3.18. The standard InChI is InChI=1S/C13H15NS/c1-9-6-13(15-8-9)11-4-5-12(14-3)10(2)7-11/h4-8,14H,1-3H3. The Kier molecular flexibility index (Phi) is 2.78. The van der Waals surface area contributed by atoms with Gasteiger partial charge in [-0.05, 0) is 54.1 Å². The highest BCUT2D eigenvalue weighted by Crippen LogP contribution is 2.29. The summed E-state index contributed by atoms with van der Waals surface area (Å²) in [6, 6.07) is 8.78. The van der Waals surface area contributed by atoms with Gasteiger partial charge in [0, 0.05) is 17.6 Å². The molecule has 0 bridgehead atoms. The third-order valence-electron chi connectivity index (χ3n) is 2.51. The van der Waals surface area contributed by atoms with Crippen molar-refractivity contribution < 1.29 is 0 Å². The second-order valence-corrected chi connectivity index (χ2v) is 4.68. The zero-order valence-corrected chi connectivity index (χ0v) is 10.1. The van der Waals surface area contributed by atoms with Crippen LogP contribution >= 0.6 is 11.3 Å². The number of hydrogen-bond acceptors (Lipinski definition) is 2. The number of thiophene rings is 1. The first-order valence-electron chi connectivity index (χ1n) is 5.04. The molecule has 1 aromatic heterocycles. The van der Waals surface area contributed by atoms with E-state index in [9.17, 15) is 0 Å². The van der Waals surface area contributed by atoms with E-state index < -0.39 is 0 Å². The van der Waals surface area contributed by atoms with Crippen molar-refractivity contribution >= 4 is 17.0 Å². The molecule has 1 N–H and O–H groups in total. The molecule has 0 aliphatic rings. The van der Waals surface area contributed by atoms with Gasteiger partial charge in [-0.15, -0.1) is 11.3 Å². The molecule has 0 aliphatic heterocycles. The molecule has 1 heterocycles. The first kappa shape index (κ1) is 10.2. The van der Waals surface area contributed by atoms with Gasteiger partial charge in [0.05, 0.1) is 0 Å². The summed E-state index contributed by atoms with van der Waals surface area (Å²) in [5.41, 5.74) is 5.14. The van der Waals surface area contributed by atoms with Gasteiger partial charge in [0.15, 0.2) is 0 Å². The zero-order chi connectivity index (χ0) is 10.8. The first-order valence-corrected chi connectivity index (χ1v) is 5.92. The first-order chi connectivity index (χ1) is 7.20. The lowest BCUT2D eigenvalue weighted by atomic mass is 10.1. The van der Waals surface area contributed by atoms with E-state index >= 15 is 0 Å². The number of hydrogen-bond donors (Lipinski definition) is 1. The summed E-state index contributed by atoms with van der Waals surface area (Å²) in [6.07, 6.45) is 0. The van der Waals surface area contributed by atoms with Gasteiger partial charge >= 0.3 is 0 Å². The van der Waals surface area contributed by atoms with E-state index in [1.165, 1.54) is 27.3 Å². The summed E-state index contributed by atoms with van der Waals surface area (Å²) in [4.78, 5) is 1.35. The predicted molar refractivity (Wildman–Crippen MR) is 68.8 cm³/mol. The molecular weight excluding hydrogens is 202 g/mol. The number of benzene rings is 1. The maximum atomic E-state index is 3.18. The molecule has 0 aliphatic carbocycles. The molecular formula is C13H15NS. The van der Waals surface area contributed by atoms with Crippen LogP contribution in [0.4, 0.5) is 5.69 Å². The minimum Gasteiger partial charge on any atom is -0.388 e. The maximum Gasteiger partial charge on any atom is 0.0367 e. The fourth-order valence-corrected chi connectivity index (χ4v) is 2.58. The van der Waals surface area contributed by atoms with Crippen LogP contribution in [0.1, 0.15) is 11.1 Å². The number of aryl methyl sites for hydroxylation is 2. The Balaban J connectivity index is 2.42. The van der Waals surface area contributed by atoms with Crippen LogP contribution in [0.25, 0.3) is 10.4 Å². The van der Waals surface area contributed by atoms with Crippen LogP contribution in [0.5, 0.6) is 0 Å². The predicted octanol–water partition coefficient (Wildman–Crippen LogP) is 4.07. The molecule has 0 amide bonds. The van der Waals surface area contributed by atoms with Crippen LogP contribution in [-0.2, 0) is 0 Å². The Morgan fingerprint density at radius 2 is 1.93 bits per heavy atom. The number of nitrogens with one attached hydrogen (secondary N) is 1. The molecule has 2 heteroatoms. The van der Waals surface area contributed by atoms with Crippen molar-refractivity contribution in [3.63, 3.8) is 0 Å². The molecule has 78 valence electrons. The van der Waals surface area contributed by atoms with E-state index in [-0.39, 0.29) is 0 Å². The summed E-state index contributed by atoms with van der Waals surface area (Å²) < 4.78 is 0. The summed E-state index contributed by atoms with van der Waals surface area (Å²) >= 11 is 1.80. The Hall–Kier alpha value is -1.28. The van der Waals surface area contributed by atoms with Crippen molar-refractivity contribution in [2.75, 3.05) is 12.4 Å². The number of anilines is 1. The Labute approximate surface area is 94.8 Å². The fraction of sp³-hybridized carbons (Fsp3) is 0.231. The van der Waals surface area contributed by atoms with Gasteiger partial charge in [-0.1, -0.05) is 6.07 Å². The lowest BCUT2D eigenvalue weighted by Gasteiger charge is -2.06. The molecule has 0 fully saturated rings. The normalized spacial score (nSPS) is 10.3. The van der Waals surface area contributed by atoms with Gasteiger partial charge in [0.25, 0.3) is 0 Å². The largest absolute Gasteiger partial charge is 0.388 e. The molecule has 1 nitrogen and oxygen atoms in total. The van der Waals surface area contributed by atoms with E-state index in [0.29, 0.717) is 0 Å². The highest BCUT2D eigenvalue weighted by atomic mass is 32.1. The lowest BCUT2D eigenvalue weighted by Crippen LogP contribution is -1.91. The highest BCUT2D eigenvalue weighted by Gasteiger charge is 2.02. The topological polar surface area (TPSA) is 12.0 Å². The molecule has 0 radical (unpaired) electrons. The van der Waals surface area contributed by atoms with Crippen molar-refractivity contribution in [1.82, 2.24) is 0 Å². The second kappa shape index (κ2) is 4.07. The van der Waals surface area contributed by atoms with Crippen LogP contribution in [0.15, 0.2) is 29.6 Å². The summed E-state index contributed by atoms with van der Waals surface area (Å²) in [6.45, 7) is 4.27. The molecule has 0 spiro atoms. The van der Waals surface area contributed by atoms with E-state index in [2.05, 4.69) is 48.8 Å². The van der Waals surface area contributed by atoms with Crippen LogP contribution in [0.3, 0.4) is 0 Å². The SMILES string of the molecule is CNc1ccc(-c2cc(C)cs2)cc1C. The third kappa shape index (κ3) is 2.05. The van der Waals surface area contributed by atoms with Crippen molar-refractivity contribution in [2.45, 2.75) is 13.8 Å². The monoisotopic (exact) mass is 217 g/mol. The average molecular weight is 217 g/mol. The van der Waals surface area contributed by atoms with Crippen molar-refractivity contribution in [3.05, 3.63) is 40.8 Å². The van der Waals surface area contributed by atoms with Crippen LogP contribution in [-0.4, -0.2) is 7.05 Å². The van der Waals surface area contributed by atoms with Crippen molar-refractivity contribution in [2.24, 2.45) is 0 Å². The van der Waals surface area contributed by atoms with Gasteiger partial charge in [-0.2, -0.15) is 0 Å². The molecule has 0 saturated carbocycles. The van der Waals surface area contributed by atoms with Gasteiger partial charge in [-0.3, -0.25) is 0 Å². The summed E-state index contributed by atoms with van der Waals surface area (Å²) in [5, 5.41) is 5.37. The van der Waals surface area contributed by atoms with E-state index in [4.69, 9.17) is 0 Å². The van der Waals surface area contributed by atoms with Gasteiger partial charge < -0.3 is 5.32 Å². The molecule has 0 atom stereocenters. The molecule has 15 heavy (non-hydrogen) atoms. The van der Waals surface area contributed by atoms with Gasteiger partial charge in [-0.25, -0.2) is 0 Å². The number of rotatable bonds is 2. The van der Waals surface area contributed by atoms with Crippen LogP contribution in [0.2, 0.25) is 0 Å². The van der Waals surface area contributed by atoms with Gasteiger partial charge in [0.2, 0.25) is 0 Å². The molecule has 0 saturated heterocycles. The molecule has 2 aromatic rings. The minimum atomic E-state index is 1.20. The molecule has 2 rings (SSSR count). The minimum absolute atomic E-state index is 1.20. The Morgan fingerprint density at radius 3 is 2.47 bits per heavy atom. The van der Waals surface area contributed by atoms with Crippen LogP contribution in [0, 0.1) is 13.8 Å². The Morgan fingerprint density at radius 1 is 1.13 bits per heavy atom. The third-order valence-corrected chi connectivity index (χ3v) is 3.61. The van der Waals surface area contributed by atoms with E-state index in [1.807, 2.05) is 7.05 Å². The van der Waals surface area contributed by atoms with Crippen LogP contribution < -0.4 is 5.32 Å². The van der Waals surface area contributed by atoms with E-state index in [0.717, 1.165) is 0 Å². The molecule has 0 unspecified atom stereocenters. The fourth-order valence-electron chi connectivity index (χ4n) is 1.68. The quantitative estimate of drug-likeness (QED) is 0.799. The van der Waals surface area contributed by atoms with Crippen molar-refractivity contribution in [1.29, 1.82) is 0 Å². The lowest BCUT2D eigenvalue weighted by molar-refractivity contribution is 1.41.